The van der Waals surface area contributed by atoms with E-state index in [9.17, 15) is 9.59 Å². The first kappa shape index (κ1) is 12.5. The smallest absolute Gasteiger partial charge is 0.339 e. The van der Waals surface area contributed by atoms with Crippen molar-refractivity contribution >= 4 is 17.7 Å². The predicted molar refractivity (Wildman–Crippen MR) is 63.3 cm³/mol. The number of rotatable bonds is 3. The van der Waals surface area contributed by atoms with Crippen molar-refractivity contribution in [2.45, 2.75) is 19.4 Å². The largest absolute Gasteiger partial charge is 0.478 e. The molecule has 1 fully saturated rings. The topological polar surface area (TPSA) is 88.5 Å². The molecule has 0 radical (unpaired) electrons. The van der Waals surface area contributed by atoms with E-state index in [0.717, 1.165) is 0 Å². The lowest BCUT2D eigenvalue weighted by molar-refractivity contribution is -0.121. The number of amides is 1. The van der Waals surface area contributed by atoms with E-state index < -0.39 is 5.97 Å². The van der Waals surface area contributed by atoms with Crippen LogP contribution in [-0.2, 0) is 9.53 Å². The molecule has 0 aromatic carbocycles. The van der Waals surface area contributed by atoms with Gasteiger partial charge in [0.25, 0.3) is 0 Å². The molecule has 1 aliphatic rings. The van der Waals surface area contributed by atoms with Gasteiger partial charge in [-0.1, -0.05) is 0 Å². The lowest BCUT2D eigenvalue weighted by Crippen LogP contribution is -2.28. The van der Waals surface area contributed by atoms with Crippen LogP contribution in [0.2, 0.25) is 0 Å². The quantitative estimate of drug-likeness (QED) is 0.839. The summed E-state index contributed by atoms with van der Waals surface area (Å²) in [5, 5.41) is 11.5. The number of hydrogen-bond donors (Lipinski definition) is 2. The zero-order chi connectivity index (χ0) is 13.1. The Morgan fingerprint density at radius 2 is 2.33 bits per heavy atom. The molecule has 96 valence electrons. The zero-order valence-electron chi connectivity index (χ0n) is 9.92. The molecule has 18 heavy (non-hydrogen) atoms. The minimum Gasteiger partial charge on any atom is -0.478 e. The van der Waals surface area contributed by atoms with Crippen molar-refractivity contribution in [1.82, 2.24) is 4.98 Å². The predicted octanol–water partition coefficient (Wildman–Crippen LogP) is 1.14. The summed E-state index contributed by atoms with van der Waals surface area (Å²) in [5.74, 6) is -1.54. The van der Waals surface area contributed by atoms with Crippen LogP contribution in [-0.4, -0.2) is 34.7 Å². The van der Waals surface area contributed by atoms with Crippen molar-refractivity contribution in [3.8, 4) is 0 Å². The highest BCUT2D eigenvalue weighted by atomic mass is 16.5. The molecular formula is C12H14N2O4. The lowest BCUT2D eigenvalue weighted by Gasteiger charge is -2.14. The highest BCUT2D eigenvalue weighted by Crippen LogP contribution is 2.22. The van der Waals surface area contributed by atoms with E-state index in [0.29, 0.717) is 13.0 Å². The summed E-state index contributed by atoms with van der Waals surface area (Å²) in [6, 6.07) is 2.92. The third kappa shape index (κ3) is 2.48. The Hall–Kier alpha value is -1.95. The van der Waals surface area contributed by atoms with Gasteiger partial charge in [-0.3, -0.25) is 4.79 Å². The first-order valence-electron chi connectivity index (χ1n) is 5.70. The summed E-state index contributed by atoms with van der Waals surface area (Å²) in [6.45, 7) is 2.38. The second-order valence-electron chi connectivity index (χ2n) is 4.17. The van der Waals surface area contributed by atoms with Crippen molar-refractivity contribution in [3.05, 3.63) is 23.9 Å². The fraction of sp³-hybridized carbons (Fsp3) is 0.417. The molecule has 1 saturated heterocycles. The molecule has 0 spiro atoms. The summed E-state index contributed by atoms with van der Waals surface area (Å²) in [7, 11) is 0. The van der Waals surface area contributed by atoms with Crippen molar-refractivity contribution in [2.75, 3.05) is 11.9 Å². The highest BCUT2D eigenvalue weighted by molar-refractivity contribution is 6.00. The van der Waals surface area contributed by atoms with Gasteiger partial charge >= 0.3 is 5.97 Å². The van der Waals surface area contributed by atoms with Crippen LogP contribution < -0.4 is 5.32 Å². The number of aromatic nitrogens is 1. The molecule has 6 heteroatoms. The normalized spacial score (nSPS) is 22.7. The summed E-state index contributed by atoms with van der Waals surface area (Å²) < 4.78 is 5.30. The summed E-state index contributed by atoms with van der Waals surface area (Å²) >= 11 is 0. The fourth-order valence-electron chi connectivity index (χ4n) is 1.96. The standard InChI is InChI=1S/C12H14N2O4/c1-7-8(4-6-18-7)11(15)14-10-9(12(16)17)3-2-5-13-10/h2-3,5,7-8H,4,6H2,1H3,(H,16,17)(H,13,14,15). The Morgan fingerprint density at radius 1 is 1.56 bits per heavy atom. The van der Waals surface area contributed by atoms with Crippen LogP contribution >= 0.6 is 0 Å². The Bertz CT molecular complexity index is 475. The second-order valence-corrected chi connectivity index (χ2v) is 4.17. The maximum absolute atomic E-state index is 12.0. The number of carbonyl (C=O) groups excluding carboxylic acids is 1. The first-order valence-corrected chi connectivity index (χ1v) is 5.70. The van der Waals surface area contributed by atoms with Crippen LogP contribution in [0.5, 0.6) is 0 Å². The second kappa shape index (κ2) is 5.14. The molecule has 0 bridgehead atoms. The SMILES string of the molecule is CC1OCCC1C(=O)Nc1ncccc1C(=O)O. The van der Waals surface area contributed by atoms with E-state index in [1.54, 1.807) is 0 Å². The number of aromatic carboxylic acids is 1. The molecule has 1 aromatic rings. The number of pyridine rings is 1. The number of nitrogens with zero attached hydrogens (tertiary/aromatic N) is 1. The van der Waals surface area contributed by atoms with Crippen molar-refractivity contribution < 1.29 is 19.4 Å². The van der Waals surface area contributed by atoms with E-state index in [1.165, 1.54) is 18.3 Å². The van der Waals surface area contributed by atoms with Crippen LogP contribution in [0.25, 0.3) is 0 Å². The van der Waals surface area contributed by atoms with Crippen molar-refractivity contribution in [1.29, 1.82) is 0 Å². The van der Waals surface area contributed by atoms with Crippen LogP contribution in [0.1, 0.15) is 23.7 Å². The number of hydrogen-bond acceptors (Lipinski definition) is 4. The average Bonchev–Trinajstić information content (AvgIpc) is 2.76. The van der Waals surface area contributed by atoms with E-state index in [4.69, 9.17) is 9.84 Å². The monoisotopic (exact) mass is 250 g/mol. The summed E-state index contributed by atoms with van der Waals surface area (Å²) in [5.41, 5.74) is -0.0163. The third-order valence-corrected chi connectivity index (χ3v) is 2.99. The van der Waals surface area contributed by atoms with Gasteiger partial charge in [0.15, 0.2) is 0 Å². The van der Waals surface area contributed by atoms with Gasteiger partial charge in [0.2, 0.25) is 5.91 Å². The van der Waals surface area contributed by atoms with Crippen molar-refractivity contribution in [2.24, 2.45) is 5.92 Å². The molecule has 2 rings (SSSR count). The highest BCUT2D eigenvalue weighted by Gasteiger charge is 2.31. The Balaban J connectivity index is 2.14. The molecule has 2 atom stereocenters. The maximum Gasteiger partial charge on any atom is 0.339 e. The molecule has 2 N–H and O–H groups in total. The molecule has 0 aliphatic carbocycles. The molecule has 6 nitrogen and oxygen atoms in total. The van der Waals surface area contributed by atoms with Gasteiger partial charge in [-0.2, -0.15) is 0 Å². The van der Waals surface area contributed by atoms with E-state index in [1.807, 2.05) is 6.92 Å². The summed E-state index contributed by atoms with van der Waals surface area (Å²) in [4.78, 5) is 26.8. The number of anilines is 1. The van der Waals surface area contributed by atoms with E-state index in [-0.39, 0.29) is 29.3 Å². The number of carbonyl (C=O) groups is 2. The first-order chi connectivity index (χ1) is 8.59. The van der Waals surface area contributed by atoms with Crippen LogP contribution in [0.3, 0.4) is 0 Å². The van der Waals surface area contributed by atoms with Gasteiger partial charge in [0.1, 0.15) is 11.4 Å². The molecule has 2 unspecified atom stereocenters. The van der Waals surface area contributed by atoms with Crippen LogP contribution in [0.4, 0.5) is 5.82 Å². The van der Waals surface area contributed by atoms with Gasteiger partial charge in [-0.15, -0.1) is 0 Å². The molecule has 0 saturated carbocycles. The minimum atomic E-state index is -1.12. The van der Waals surface area contributed by atoms with Gasteiger partial charge in [0, 0.05) is 12.8 Å². The Labute approximate surface area is 104 Å². The van der Waals surface area contributed by atoms with Crippen molar-refractivity contribution in [3.63, 3.8) is 0 Å². The maximum atomic E-state index is 12.0. The van der Waals surface area contributed by atoms with Gasteiger partial charge in [-0.25, -0.2) is 9.78 Å². The lowest BCUT2D eigenvalue weighted by atomic mass is 10.0. The van der Waals surface area contributed by atoms with E-state index in [2.05, 4.69) is 10.3 Å². The number of ether oxygens (including phenoxy) is 1. The number of nitrogens with one attached hydrogen (secondary N) is 1. The minimum absolute atomic E-state index is 0.0163. The number of carboxylic acids is 1. The fourth-order valence-corrected chi connectivity index (χ4v) is 1.96. The molecule has 1 amide bonds. The Morgan fingerprint density at radius 3 is 2.94 bits per heavy atom. The third-order valence-electron chi connectivity index (χ3n) is 2.99. The van der Waals surface area contributed by atoms with Gasteiger partial charge in [-0.05, 0) is 25.5 Å². The van der Waals surface area contributed by atoms with Crippen LogP contribution in [0.15, 0.2) is 18.3 Å². The summed E-state index contributed by atoms with van der Waals surface area (Å²) in [6.07, 6.45) is 1.93. The molecule has 2 heterocycles. The number of carboxylic acid groups (broad SMARTS) is 1. The molecule has 1 aromatic heterocycles. The zero-order valence-corrected chi connectivity index (χ0v) is 9.92. The van der Waals surface area contributed by atoms with Crippen LogP contribution in [0, 0.1) is 5.92 Å². The average molecular weight is 250 g/mol. The molecule has 1 aliphatic heterocycles. The Kier molecular flexibility index (Phi) is 3.57. The van der Waals surface area contributed by atoms with E-state index >= 15 is 0 Å². The molecular weight excluding hydrogens is 236 g/mol. The van der Waals surface area contributed by atoms with Gasteiger partial charge < -0.3 is 15.2 Å². The van der Waals surface area contributed by atoms with Gasteiger partial charge in [0.05, 0.1) is 12.0 Å².